The van der Waals surface area contributed by atoms with Crippen LogP contribution in [0, 0.1) is 0 Å². The van der Waals surface area contributed by atoms with Crippen LogP contribution in [0.4, 0.5) is 4.79 Å². The molecular formula is C31H34N4O4S. The summed E-state index contributed by atoms with van der Waals surface area (Å²) >= 11 is 1.49. The van der Waals surface area contributed by atoms with Crippen LogP contribution in [-0.4, -0.2) is 83.7 Å². The average Bonchev–Trinajstić information content (AvgIpc) is 3.42. The van der Waals surface area contributed by atoms with Gasteiger partial charge in [-0.3, -0.25) is 9.69 Å². The van der Waals surface area contributed by atoms with Gasteiger partial charge in [0, 0.05) is 43.4 Å². The van der Waals surface area contributed by atoms with E-state index in [2.05, 4.69) is 11.1 Å². The maximum absolute atomic E-state index is 13.8. The van der Waals surface area contributed by atoms with Crippen LogP contribution in [0.15, 0.2) is 82.6 Å². The van der Waals surface area contributed by atoms with Gasteiger partial charge in [0.2, 0.25) is 0 Å². The molecule has 40 heavy (non-hydrogen) atoms. The lowest BCUT2D eigenvalue weighted by Crippen LogP contribution is -2.54. The van der Waals surface area contributed by atoms with Crippen LogP contribution < -0.4 is 0 Å². The van der Waals surface area contributed by atoms with Crippen LogP contribution in [0.1, 0.15) is 36.7 Å². The molecule has 3 aliphatic heterocycles. The van der Waals surface area contributed by atoms with Gasteiger partial charge in [0.15, 0.2) is 0 Å². The topological polar surface area (TPSA) is 75.2 Å². The summed E-state index contributed by atoms with van der Waals surface area (Å²) < 4.78 is 11.4. The molecule has 2 saturated heterocycles. The molecule has 1 aromatic carbocycles. The number of methoxy groups -OCH3 is 2. The molecule has 8 nitrogen and oxygen atoms in total. The number of fused-ring (bicyclic) bond motifs is 2. The molecule has 0 N–H and O–H groups in total. The number of carbonyl (C=O) groups excluding carboxylic acids is 2. The van der Waals surface area contributed by atoms with Gasteiger partial charge in [0.25, 0.3) is 5.91 Å². The highest BCUT2D eigenvalue weighted by Crippen LogP contribution is 2.46. The van der Waals surface area contributed by atoms with Crippen LogP contribution in [0.3, 0.4) is 0 Å². The first-order valence-corrected chi connectivity index (χ1v) is 14.7. The molecule has 0 bridgehead atoms. The number of carbonyl (C=O) groups is 2. The molecule has 0 radical (unpaired) electrons. The van der Waals surface area contributed by atoms with E-state index in [4.69, 9.17) is 9.47 Å². The minimum atomic E-state index is -0.434. The molecule has 1 aromatic heterocycles. The molecule has 1 atom stereocenters. The van der Waals surface area contributed by atoms with Crippen molar-refractivity contribution in [3.63, 3.8) is 0 Å². The molecule has 4 aliphatic rings. The van der Waals surface area contributed by atoms with E-state index in [9.17, 15) is 9.59 Å². The van der Waals surface area contributed by atoms with Crippen LogP contribution in [0.2, 0.25) is 0 Å². The van der Waals surface area contributed by atoms with Crippen molar-refractivity contribution in [1.82, 2.24) is 19.7 Å². The van der Waals surface area contributed by atoms with E-state index in [0.717, 1.165) is 33.2 Å². The molecule has 9 heteroatoms. The molecule has 6 rings (SSSR count). The molecule has 208 valence electrons. The van der Waals surface area contributed by atoms with Gasteiger partial charge < -0.3 is 19.3 Å². The Kier molecular flexibility index (Phi) is 7.10. The van der Waals surface area contributed by atoms with E-state index in [1.165, 1.54) is 11.3 Å². The second-order valence-corrected chi connectivity index (χ2v) is 11.3. The third-order valence-corrected chi connectivity index (χ3v) is 9.42. The van der Waals surface area contributed by atoms with E-state index in [0.29, 0.717) is 51.1 Å². The van der Waals surface area contributed by atoms with Crippen LogP contribution in [0.5, 0.6) is 0 Å². The van der Waals surface area contributed by atoms with E-state index in [1.807, 2.05) is 75.6 Å². The first kappa shape index (κ1) is 26.5. The van der Waals surface area contributed by atoms with Crippen molar-refractivity contribution in [1.29, 1.82) is 0 Å². The number of rotatable bonds is 5. The molecule has 2 aromatic rings. The fourth-order valence-electron chi connectivity index (χ4n) is 6.48. The highest BCUT2D eigenvalue weighted by atomic mass is 32.1. The predicted octanol–water partition coefficient (Wildman–Crippen LogP) is 5.24. The van der Waals surface area contributed by atoms with Gasteiger partial charge in [-0.05, 0) is 55.6 Å². The number of amides is 3. The Bertz CT molecular complexity index is 1430. The van der Waals surface area contributed by atoms with Gasteiger partial charge in [-0.25, -0.2) is 9.78 Å². The smallest absolute Gasteiger partial charge is 0.325 e. The number of piperidine rings is 1. The van der Waals surface area contributed by atoms with Crippen molar-refractivity contribution in [2.45, 2.75) is 37.8 Å². The van der Waals surface area contributed by atoms with Crippen molar-refractivity contribution < 1.29 is 19.1 Å². The van der Waals surface area contributed by atoms with Gasteiger partial charge in [0.05, 0.1) is 25.3 Å². The van der Waals surface area contributed by atoms with E-state index in [1.54, 1.807) is 14.2 Å². The SMILES string of the molecule is CCN1C(=O)N2CC3=C(CC=C2C12CCN(C(=O)c1csc(-c4ccccc4)n1)CC2)C(OC)C=CC(OC)=C3. The Morgan fingerprint density at radius 2 is 1.95 bits per heavy atom. The van der Waals surface area contributed by atoms with Crippen molar-refractivity contribution in [2.24, 2.45) is 0 Å². The Labute approximate surface area is 238 Å². The summed E-state index contributed by atoms with van der Waals surface area (Å²) in [6, 6.07) is 9.95. The quantitative estimate of drug-likeness (QED) is 0.502. The van der Waals surface area contributed by atoms with Gasteiger partial charge >= 0.3 is 6.03 Å². The monoisotopic (exact) mass is 558 g/mol. The molecule has 3 amide bonds. The number of hydrogen-bond acceptors (Lipinski definition) is 6. The number of aromatic nitrogens is 1. The number of likely N-dealkylation sites (tertiary alicyclic amines) is 1. The van der Waals surface area contributed by atoms with Crippen LogP contribution >= 0.6 is 11.3 Å². The molecular weight excluding hydrogens is 524 g/mol. The highest BCUT2D eigenvalue weighted by Gasteiger charge is 2.55. The number of benzene rings is 1. The minimum absolute atomic E-state index is 0.0211. The number of nitrogens with zero attached hydrogens (tertiary/aromatic N) is 4. The van der Waals surface area contributed by atoms with Crippen molar-refractivity contribution >= 4 is 23.3 Å². The number of hydrogen-bond donors (Lipinski definition) is 0. The van der Waals surface area contributed by atoms with Crippen molar-refractivity contribution in [3.8, 4) is 10.6 Å². The molecule has 1 unspecified atom stereocenters. The average molecular weight is 559 g/mol. The number of allylic oxidation sites excluding steroid dienone is 2. The zero-order chi connectivity index (χ0) is 27.9. The lowest BCUT2D eigenvalue weighted by molar-refractivity contribution is 0.0571. The summed E-state index contributed by atoms with van der Waals surface area (Å²) in [5, 5.41) is 2.70. The van der Waals surface area contributed by atoms with Crippen molar-refractivity contribution in [2.75, 3.05) is 40.4 Å². The van der Waals surface area contributed by atoms with Gasteiger partial charge in [0.1, 0.15) is 16.5 Å². The summed E-state index contributed by atoms with van der Waals surface area (Å²) in [6.45, 7) is 4.25. The Balaban J connectivity index is 1.24. The van der Waals surface area contributed by atoms with Crippen LogP contribution in [0.25, 0.3) is 10.6 Å². The normalized spacial score (nSPS) is 22.0. The summed E-state index contributed by atoms with van der Waals surface area (Å²) in [5.74, 6) is 0.696. The fraction of sp³-hybridized carbons (Fsp3) is 0.387. The van der Waals surface area contributed by atoms with Gasteiger partial charge in [-0.15, -0.1) is 11.3 Å². The van der Waals surface area contributed by atoms with Gasteiger partial charge in [-0.1, -0.05) is 36.4 Å². The number of likely N-dealkylation sites (N-methyl/N-ethyl adjacent to an activating group) is 1. The fourth-order valence-corrected chi connectivity index (χ4v) is 7.28. The number of ether oxygens (including phenoxy) is 2. The predicted molar refractivity (Wildman–Crippen MR) is 155 cm³/mol. The molecule has 4 heterocycles. The Hall–Kier alpha value is -3.69. The third-order valence-electron chi connectivity index (χ3n) is 8.53. The minimum Gasteiger partial charge on any atom is -0.497 e. The third kappa shape index (κ3) is 4.37. The number of urea groups is 1. The zero-order valence-electron chi connectivity index (χ0n) is 23.1. The zero-order valence-corrected chi connectivity index (χ0v) is 23.9. The van der Waals surface area contributed by atoms with E-state index >= 15 is 0 Å². The van der Waals surface area contributed by atoms with Crippen LogP contribution in [-0.2, 0) is 9.47 Å². The first-order chi connectivity index (χ1) is 19.5. The summed E-state index contributed by atoms with van der Waals surface area (Å²) in [6.07, 6.45) is 10.1. The van der Waals surface area contributed by atoms with Gasteiger partial charge in [-0.2, -0.15) is 0 Å². The molecule has 1 aliphatic carbocycles. The molecule has 1 spiro atoms. The lowest BCUT2D eigenvalue weighted by atomic mass is 9.82. The second-order valence-electron chi connectivity index (χ2n) is 10.5. The lowest BCUT2D eigenvalue weighted by Gasteiger charge is -2.44. The largest absolute Gasteiger partial charge is 0.497 e. The molecule has 2 fully saturated rings. The van der Waals surface area contributed by atoms with E-state index < -0.39 is 5.54 Å². The Morgan fingerprint density at radius 3 is 2.65 bits per heavy atom. The van der Waals surface area contributed by atoms with E-state index in [-0.39, 0.29) is 18.0 Å². The summed E-state index contributed by atoms with van der Waals surface area (Å²) in [7, 11) is 3.36. The standard InChI is InChI=1S/C31H34N4O4S/c1-4-35-30(37)34-19-22-18-23(38-2)10-12-26(39-3)24(22)11-13-27(34)31(35)14-16-33(17-15-31)29(36)25-20-40-28(32-25)21-8-6-5-7-9-21/h5-10,12-13,18,20,26H,4,11,14-17,19H2,1-3H3. The van der Waals surface area contributed by atoms with Crippen molar-refractivity contribution in [3.05, 3.63) is 88.3 Å². The number of thiazole rings is 1. The molecule has 0 saturated carbocycles. The maximum Gasteiger partial charge on any atom is 0.325 e. The maximum atomic E-state index is 13.8. The highest BCUT2D eigenvalue weighted by molar-refractivity contribution is 7.13. The second kappa shape index (κ2) is 10.7. The summed E-state index contributed by atoms with van der Waals surface area (Å²) in [4.78, 5) is 37.8. The first-order valence-electron chi connectivity index (χ1n) is 13.8. The summed E-state index contributed by atoms with van der Waals surface area (Å²) in [5.41, 5.74) is 4.30. The Morgan fingerprint density at radius 1 is 1.18 bits per heavy atom.